The molecular weight excluding hydrogens is 322 g/mol. The Bertz CT molecular complexity index is 707. The standard InChI is InChI=1S/C15H20FN2O4P/c1-5-20-23(19,21-6-2)14-15(18(3)4)22-13(17-14)11-9-7-8-10-12(11)16/h7-10H,5-6H2,1-4H3. The fraction of sp³-hybridized carbons (Fsp3) is 0.400. The quantitative estimate of drug-likeness (QED) is 0.718. The molecule has 0 aliphatic heterocycles. The summed E-state index contributed by atoms with van der Waals surface area (Å²) < 4.78 is 43.2. The first-order chi connectivity index (χ1) is 10.9. The number of halogens is 1. The SMILES string of the molecule is CCOP(=O)(OCC)c1nc(-c2ccccc2F)oc1N(C)C. The normalized spacial score (nSPS) is 11.7. The lowest BCUT2D eigenvalue weighted by Crippen LogP contribution is -2.20. The molecule has 2 aromatic rings. The monoisotopic (exact) mass is 342 g/mol. The molecule has 0 radical (unpaired) electrons. The smallest absolute Gasteiger partial charge is 0.385 e. The van der Waals surface area contributed by atoms with E-state index < -0.39 is 13.4 Å². The highest BCUT2D eigenvalue weighted by molar-refractivity contribution is 7.62. The molecule has 0 aliphatic rings. The van der Waals surface area contributed by atoms with E-state index in [0.29, 0.717) is 0 Å². The number of rotatable bonds is 7. The van der Waals surface area contributed by atoms with Gasteiger partial charge in [-0.05, 0) is 26.0 Å². The van der Waals surface area contributed by atoms with E-state index in [4.69, 9.17) is 13.5 Å². The van der Waals surface area contributed by atoms with Gasteiger partial charge < -0.3 is 18.4 Å². The van der Waals surface area contributed by atoms with E-state index in [2.05, 4.69) is 4.98 Å². The first-order valence-corrected chi connectivity index (χ1v) is 8.80. The molecule has 0 amide bonds. The van der Waals surface area contributed by atoms with Crippen LogP contribution in [0.4, 0.5) is 10.3 Å². The van der Waals surface area contributed by atoms with Gasteiger partial charge in [-0.25, -0.2) is 4.39 Å². The molecule has 0 fully saturated rings. The van der Waals surface area contributed by atoms with Crippen molar-refractivity contribution in [3.63, 3.8) is 0 Å². The summed E-state index contributed by atoms with van der Waals surface area (Å²) in [6, 6.07) is 6.08. The Morgan fingerprint density at radius 1 is 1.22 bits per heavy atom. The van der Waals surface area contributed by atoms with Gasteiger partial charge in [0, 0.05) is 14.1 Å². The maximum absolute atomic E-state index is 14.0. The predicted molar refractivity (Wildman–Crippen MR) is 86.7 cm³/mol. The lowest BCUT2D eigenvalue weighted by Gasteiger charge is -2.17. The van der Waals surface area contributed by atoms with Crippen molar-refractivity contribution in [2.75, 3.05) is 32.2 Å². The van der Waals surface area contributed by atoms with E-state index in [0.717, 1.165) is 0 Å². The second kappa shape index (κ2) is 7.25. The Balaban J connectivity index is 2.60. The van der Waals surface area contributed by atoms with Gasteiger partial charge in [-0.2, -0.15) is 4.98 Å². The average Bonchev–Trinajstić information content (AvgIpc) is 2.94. The van der Waals surface area contributed by atoms with Crippen molar-refractivity contribution < 1.29 is 22.4 Å². The van der Waals surface area contributed by atoms with Crippen molar-refractivity contribution in [3.8, 4) is 11.5 Å². The molecule has 6 nitrogen and oxygen atoms in total. The molecule has 0 N–H and O–H groups in total. The van der Waals surface area contributed by atoms with Crippen molar-refractivity contribution >= 4 is 18.9 Å². The summed E-state index contributed by atoms with van der Waals surface area (Å²) in [6.45, 7) is 3.79. The van der Waals surface area contributed by atoms with E-state index in [9.17, 15) is 8.96 Å². The van der Waals surface area contributed by atoms with Crippen LogP contribution in [0, 0.1) is 5.82 Å². The molecule has 0 atom stereocenters. The zero-order valence-electron chi connectivity index (χ0n) is 13.6. The van der Waals surface area contributed by atoms with Crippen molar-refractivity contribution in [3.05, 3.63) is 30.1 Å². The molecule has 23 heavy (non-hydrogen) atoms. The highest BCUT2D eigenvalue weighted by atomic mass is 31.2. The van der Waals surface area contributed by atoms with E-state index in [-0.39, 0.29) is 36.0 Å². The summed E-state index contributed by atoms with van der Waals surface area (Å²) in [7, 11) is -0.235. The van der Waals surface area contributed by atoms with Gasteiger partial charge in [-0.15, -0.1) is 0 Å². The number of oxazole rings is 1. The molecule has 0 unspecified atom stereocenters. The van der Waals surface area contributed by atoms with Crippen LogP contribution in [0.25, 0.3) is 11.5 Å². The van der Waals surface area contributed by atoms with E-state index in [1.165, 1.54) is 12.1 Å². The van der Waals surface area contributed by atoms with E-state index >= 15 is 0 Å². The summed E-state index contributed by atoms with van der Waals surface area (Å²) in [5.74, 6) is -0.233. The highest BCUT2D eigenvalue weighted by Gasteiger charge is 2.36. The third kappa shape index (κ3) is 3.63. The van der Waals surface area contributed by atoms with Gasteiger partial charge >= 0.3 is 7.60 Å². The zero-order valence-corrected chi connectivity index (χ0v) is 14.5. The van der Waals surface area contributed by atoms with Crippen LogP contribution in [0.2, 0.25) is 0 Å². The molecule has 0 bridgehead atoms. The third-order valence-corrected chi connectivity index (χ3v) is 4.97. The molecule has 1 heterocycles. The van der Waals surface area contributed by atoms with Crippen molar-refractivity contribution in [2.45, 2.75) is 13.8 Å². The number of hydrogen-bond donors (Lipinski definition) is 0. The second-order valence-corrected chi connectivity index (χ2v) is 6.79. The van der Waals surface area contributed by atoms with Gasteiger partial charge in [-0.1, -0.05) is 12.1 Å². The number of aromatic nitrogens is 1. The first kappa shape index (κ1) is 17.7. The van der Waals surface area contributed by atoms with Crippen LogP contribution < -0.4 is 10.3 Å². The number of benzene rings is 1. The number of nitrogens with zero attached hydrogens (tertiary/aromatic N) is 2. The Hall–Kier alpha value is -1.69. The largest absolute Gasteiger partial charge is 0.419 e. The maximum atomic E-state index is 14.0. The summed E-state index contributed by atoms with van der Waals surface area (Å²) in [5, 5.41) is 0. The third-order valence-electron chi connectivity index (χ3n) is 2.96. The van der Waals surface area contributed by atoms with Crippen molar-refractivity contribution in [2.24, 2.45) is 0 Å². The van der Waals surface area contributed by atoms with Gasteiger partial charge in [0.15, 0.2) is 0 Å². The fourth-order valence-electron chi connectivity index (χ4n) is 2.02. The molecule has 126 valence electrons. The van der Waals surface area contributed by atoms with Crippen LogP contribution in [0.3, 0.4) is 0 Å². The molecule has 2 rings (SSSR count). The Labute approximate surface area is 134 Å². The Morgan fingerprint density at radius 3 is 2.35 bits per heavy atom. The summed E-state index contributed by atoms with van der Waals surface area (Å²) in [4.78, 5) is 5.81. The van der Waals surface area contributed by atoms with Crippen LogP contribution >= 0.6 is 7.60 Å². The minimum absolute atomic E-state index is 0.0291. The van der Waals surface area contributed by atoms with Gasteiger partial charge in [0.05, 0.1) is 18.8 Å². The Morgan fingerprint density at radius 2 is 1.83 bits per heavy atom. The van der Waals surface area contributed by atoms with Crippen LogP contribution in [0.15, 0.2) is 28.7 Å². The number of anilines is 1. The fourth-order valence-corrected chi connectivity index (χ4v) is 3.72. The van der Waals surface area contributed by atoms with Gasteiger partial charge in [0.2, 0.25) is 17.2 Å². The van der Waals surface area contributed by atoms with Crippen LogP contribution in [0.1, 0.15) is 13.8 Å². The van der Waals surface area contributed by atoms with Crippen LogP contribution in [-0.4, -0.2) is 32.3 Å². The van der Waals surface area contributed by atoms with Crippen molar-refractivity contribution in [1.82, 2.24) is 4.98 Å². The average molecular weight is 342 g/mol. The van der Waals surface area contributed by atoms with Gasteiger partial charge in [0.1, 0.15) is 5.82 Å². The van der Waals surface area contributed by atoms with Crippen molar-refractivity contribution in [1.29, 1.82) is 0 Å². The van der Waals surface area contributed by atoms with Crippen LogP contribution in [0.5, 0.6) is 0 Å². The first-order valence-electron chi connectivity index (χ1n) is 7.25. The molecule has 1 aromatic carbocycles. The molecule has 0 aliphatic carbocycles. The lowest BCUT2D eigenvalue weighted by atomic mass is 10.2. The topological polar surface area (TPSA) is 64.8 Å². The molecule has 1 aromatic heterocycles. The zero-order chi connectivity index (χ0) is 17.0. The molecular formula is C15H20FN2O4P. The molecule has 0 saturated heterocycles. The summed E-state index contributed by atoms with van der Waals surface area (Å²) >= 11 is 0. The van der Waals surface area contributed by atoms with Gasteiger partial charge in [0.25, 0.3) is 0 Å². The summed E-state index contributed by atoms with van der Waals surface area (Å²) in [5.41, 5.74) is 0.228. The second-order valence-electron chi connectivity index (χ2n) is 4.86. The van der Waals surface area contributed by atoms with E-state index in [1.807, 2.05) is 0 Å². The highest BCUT2D eigenvalue weighted by Crippen LogP contribution is 2.49. The van der Waals surface area contributed by atoms with E-state index in [1.54, 1.807) is 45.0 Å². The minimum Gasteiger partial charge on any atom is -0.419 e. The number of hydrogen-bond acceptors (Lipinski definition) is 6. The van der Waals surface area contributed by atoms with Crippen LogP contribution in [-0.2, 0) is 13.6 Å². The lowest BCUT2D eigenvalue weighted by molar-refractivity contribution is 0.229. The summed E-state index contributed by atoms with van der Waals surface area (Å²) in [6.07, 6.45) is 0. The predicted octanol–water partition coefficient (Wildman–Crippen LogP) is 3.44. The maximum Gasteiger partial charge on any atom is 0.385 e. The minimum atomic E-state index is -3.65. The molecule has 0 spiro atoms. The molecule has 8 heteroatoms. The Kier molecular flexibility index (Phi) is 5.57. The molecule has 0 saturated carbocycles. The van der Waals surface area contributed by atoms with Gasteiger partial charge in [-0.3, -0.25) is 4.57 Å².